The Kier molecular flexibility index (Phi) is 4.72. The lowest BCUT2D eigenvalue weighted by Crippen LogP contribution is -2.09. The molecule has 4 heteroatoms. The van der Waals surface area contributed by atoms with Gasteiger partial charge in [-0.3, -0.25) is 4.79 Å². The Morgan fingerprint density at radius 2 is 1.57 bits per heavy atom. The number of ether oxygens (including phenoxy) is 1. The second kappa shape index (κ2) is 6.70. The number of rotatable bonds is 2. The maximum Gasteiger partial charge on any atom is 0.272 e. The van der Waals surface area contributed by atoms with Crippen LogP contribution >= 0.6 is 0 Å². The van der Waals surface area contributed by atoms with Crippen molar-refractivity contribution in [3.63, 3.8) is 0 Å². The lowest BCUT2D eigenvalue weighted by Gasteiger charge is -2.05. The second-order valence-corrected chi connectivity index (χ2v) is 4.18. The molecule has 0 saturated heterocycles. The van der Waals surface area contributed by atoms with Gasteiger partial charge in [0.05, 0.1) is 18.2 Å². The van der Waals surface area contributed by atoms with Crippen LogP contribution in [-0.4, -0.2) is 17.3 Å². The van der Waals surface area contributed by atoms with Gasteiger partial charge in [0.1, 0.15) is 5.75 Å². The molecule has 0 unspecified atom stereocenters. The van der Waals surface area contributed by atoms with Gasteiger partial charge in [0.15, 0.2) is 0 Å². The highest BCUT2D eigenvalue weighted by Crippen LogP contribution is 2.25. The fraction of sp³-hybridized carbons (Fsp3) is 0.176. The minimum atomic E-state index is -0.173. The van der Waals surface area contributed by atoms with E-state index in [0.29, 0.717) is 5.39 Å². The van der Waals surface area contributed by atoms with E-state index in [1.54, 1.807) is 13.2 Å². The van der Waals surface area contributed by atoms with Crippen molar-refractivity contribution in [1.82, 2.24) is 10.2 Å². The Bertz CT molecular complexity index is 777. The number of nitrogens with zero attached hydrogens (tertiary/aromatic N) is 1. The molecule has 2 aromatic carbocycles. The standard InChI is InChI=1S/C15H12N2O2.C2H6/c1-19-11-8-6-10(7-9-11)14-12-4-2-3-5-13(12)15(18)17-16-14;1-2/h2-9H,1H3,(H,17,18);1-2H3. The van der Waals surface area contributed by atoms with E-state index in [2.05, 4.69) is 10.2 Å². The summed E-state index contributed by atoms with van der Waals surface area (Å²) in [4.78, 5) is 11.7. The summed E-state index contributed by atoms with van der Waals surface area (Å²) in [6, 6.07) is 15.0. The van der Waals surface area contributed by atoms with Crippen LogP contribution in [0.5, 0.6) is 5.75 Å². The molecule has 0 spiro atoms. The first-order chi connectivity index (χ1) is 10.3. The van der Waals surface area contributed by atoms with Gasteiger partial charge >= 0.3 is 0 Å². The molecule has 0 aliphatic rings. The summed E-state index contributed by atoms with van der Waals surface area (Å²) in [6.07, 6.45) is 0. The maximum absolute atomic E-state index is 11.7. The number of hydrogen-bond acceptors (Lipinski definition) is 3. The van der Waals surface area contributed by atoms with Crippen molar-refractivity contribution >= 4 is 10.8 Å². The number of hydrogen-bond donors (Lipinski definition) is 1. The van der Waals surface area contributed by atoms with Crippen LogP contribution in [-0.2, 0) is 0 Å². The normalized spacial score (nSPS) is 9.86. The van der Waals surface area contributed by atoms with E-state index in [1.807, 2.05) is 56.3 Å². The molecule has 3 rings (SSSR count). The van der Waals surface area contributed by atoms with Crippen LogP contribution in [0.25, 0.3) is 22.0 Å². The fourth-order valence-electron chi connectivity index (χ4n) is 2.08. The van der Waals surface area contributed by atoms with E-state index < -0.39 is 0 Å². The molecular weight excluding hydrogens is 264 g/mol. The Morgan fingerprint density at radius 3 is 2.19 bits per heavy atom. The van der Waals surface area contributed by atoms with Crippen LogP contribution in [0.3, 0.4) is 0 Å². The zero-order chi connectivity index (χ0) is 15.2. The van der Waals surface area contributed by atoms with Crippen molar-refractivity contribution in [1.29, 1.82) is 0 Å². The third-order valence-electron chi connectivity index (χ3n) is 3.06. The van der Waals surface area contributed by atoms with E-state index in [9.17, 15) is 4.79 Å². The zero-order valence-corrected chi connectivity index (χ0v) is 12.4. The molecule has 3 aromatic rings. The first-order valence-corrected chi connectivity index (χ1v) is 6.91. The third-order valence-corrected chi connectivity index (χ3v) is 3.06. The fourth-order valence-corrected chi connectivity index (χ4v) is 2.08. The monoisotopic (exact) mass is 282 g/mol. The van der Waals surface area contributed by atoms with Crippen molar-refractivity contribution in [2.75, 3.05) is 7.11 Å². The summed E-state index contributed by atoms with van der Waals surface area (Å²) in [5.74, 6) is 0.789. The number of fused-ring (bicyclic) bond motifs is 1. The molecule has 0 atom stereocenters. The molecule has 0 saturated carbocycles. The highest BCUT2D eigenvalue weighted by Gasteiger charge is 2.07. The minimum absolute atomic E-state index is 0.173. The van der Waals surface area contributed by atoms with Gasteiger partial charge in [0.25, 0.3) is 5.56 Å². The van der Waals surface area contributed by atoms with E-state index in [0.717, 1.165) is 22.4 Å². The molecule has 21 heavy (non-hydrogen) atoms. The van der Waals surface area contributed by atoms with Gasteiger partial charge in [0, 0.05) is 10.9 Å². The predicted molar refractivity (Wildman–Crippen MR) is 85.7 cm³/mol. The van der Waals surface area contributed by atoms with Crippen molar-refractivity contribution < 1.29 is 4.74 Å². The SMILES string of the molecule is CC.COc1ccc(-c2n[nH]c(=O)c3ccccc23)cc1. The van der Waals surface area contributed by atoms with Crippen molar-refractivity contribution in [3.05, 3.63) is 58.9 Å². The topological polar surface area (TPSA) is 55.0 Å². The van der Waals surface area contributed by atoms with Crippen molar-refractivity contribution in [2.24, 2.45) is 0 Å². The van der Waals surface area contributed by atoms with Crippen molar-refractivity contribution in [2.45, 2.75) is 13.8 Å². The van der Waals surface area contributed by atoms with Gasteiger partial charge in [-0.05, 0) is 30.3 Å². The van der Waals surface area contributed by atoms with Crippen molar-refractivity contribution in [3.8, 4) is 17.0 Å². The number of methoxy groups -OCH3 is 1. The lowest BCUT2D eigenvalue weighted by atomic mass is 10.1. The lowest BCUT2D eigenvalue weighted by molar-refractivity contribution is 0.415. The van der Waals surface area contributed by atoms with E-state index in [-0.39, 0.29) is 5.56 Å². The van der Waals surface area contributed by atoms with Crippen LogP contribution in [0.4, 0.5) is 0 Å². The number of nitrogens with one attached hydrogen (secondary N) is 1. The zero-order valence-electron chi connectivity index (χ0n) is 12.4. The molecule has 0 aliphatic heterocycles. The van der Waals surface area contributed by atoms with E-state index in [4.69, 9.17) is 4.74 Å². The first-order valence-electron chi connectivity index (χ1n) is 6.91. The number of aromatic amines is 1. The predicted octanol–water partition coefficient (Wildman–Crippen LogP) is 3.62. The highest BCUT2D eigenvalue weighted by atomic mass is 16.5. The van der Waals surface area contributed by atoms with Gasteiger partial charge in [-0.25, -0.2) is 5.10 Å². The summed E-state index contributed by atoms with van der Waals surface area (Å²) in [6.45, 7) is 4.00. The summed E-state index contributed by atoms with van der Waals surface area (Å²) >= 11 is 0. The highest BCUT2D eigenvalue weighted by molar-refractivity contribution is 5.93. The van der Waals surface area contributed by atoms with Gasteiger partial charge in [-0.2, -0.15) is 5.10 Å². The average Bonchev–Trinajstić information content (AvgIpc) is 2.57. The summed E-state index contributed by atoms with van der Waals surface area (Å²) in [5, 5.41) is 8.17. The van der Waals surface area contributed by atoms with Gasteiger partial charge in [-0.15, -0.1) is 0 Å². The Hall–Kier alpha value is -2.62. The second-order valence-electron chi connectivity index (χ2n) is 4.18. The Balaban J connectivity index is 0.000000774. The molecule has 0 fully saturated rings. The molecule has 108 valence electrons. The van der Waals surface area contributed by atoms with Crippen LogP contribution in [0.2, 0.25) is 0 Å². The van der Waals surface area contributed by atoms with Crippen LogP contribution < -0.4 is 10.3 Å². The first kappa shape index (κ1) is 14.8. The number of benzene rings is 2. The molecule has 1 aromatic heterocycles. The van der Waals surface area contributed by atoms with Gasteiger partial charge < -0.3 is 4.74 Å². The van der Waals surface area contributed by atoms with Crippen LogP contribution in [0.1, 0.15) is 13.8 Å². The summed E-state index contributed by atoms with van der Waals surface area (Å²) in [5.41, 5.74) is 1.53. The molecule has 1 heterocycles. The van der Waals surface area contributed by atoms with Crippen LogP contribution in [0.15, 0.2) is 53.3 Å². The number of H-pyrrole nitrogens is 1. The molecule has 0 radical (unpaired) electrons. The average molecular weight is 282 g/mol. The molecular formula is C17H18N2O2. The molecule has 1 N–H and O–H groups in total. The largest absolute Gasteiger partial charge is 0.497 e. The molecule has 4 nitrogen and oxygen atoms in total. The quantitative estimate of drug-likeness (QED) is 0.781. The number of aromatic nitrogens is 2. The summed E-state index contributed by atoms with van der Waals surface area (Å²) < 4.78 is 5.13. The van der Waals surface area contributed by atoms with E-state index in [1.165, 1.54) is 0 Å². The molecule has 0 aliphatic carbocycles. The Morgan fingerprint density at radius 1 is 0.952 bits per heavy atom. The van der Waals surface area contributed by atoms with E-state index >= 15 is 0 Å². The summed E-state index contributed by atoms with van der Waals surface area (Å²) in [7, 11) is 1.63. The van der Waals surface area contributed by atoms with Gasteiger partial charge in [0.2, 0.25) is 0 Å². The smallest absolute Gasteiger partial charge is 0.272 e. The Labute approximate surface area is 123 Å². The molecule has 0 amide bonds. The molecule has 0 bridgehead atoms. The van der Waals surface area contributed by atoms with Crippen LogP contribution in [0, 0.1) is 0 Å². The third kappa shape index (κ3) is 2.94. The van der Waals surface area contributed by atoms with Gasteiger partial charge in [-0.1, -0.05) is 32.0 Å². The maximum atomic E-state index is 11.7. The minimum Gasteiger partial charge on any atom is -0.497 e.